The molecule has 22 heavy (non-hydrogen) atoms. The number of hydrogen-bond acceptors (Lipinski definition) is 2. The van der Waals surface area contributed by atoms with Crippen molar-refractivity contribution in [3.05, 3.63) is 71.8 Å². The lowest BCUT2D eigenvalue weighted by Gasteiger charge is -2.18. The molecule has 2 atom stereocenters. The third-order valence-corrected chi connectivity index (χ3v) is 4.60. The average molecular weight is 292 g/mol. The minimum atomic E-state index is -0.00457. The molecule has 0 saturated heterocycles. The first kappa shape index (κ1) is 14.7. The lowest BCUT2D eigenvalue weighted by Crippen LogP contribution is -2.21. The van der Waals surface area contributed by atoms with Gasteiger partial charge in [-0.25, -0.2) is 0 Å². The van der Waals surface area contributed by atoms with E-state index in [-0.39, 0.29) is 23.4 Å². The molecule has 1 aliphatic carbocycles. The fourth-order valence-electron chi connectivity index (χ4n) is 3.42. The second kappa shape index (κ2) is 6.69. The highest BCUT2D eigenvalue weighted by molar-refractivity contribution is 6.00. The van der Waals surface area contributed by atoms with Crippen LogP contribution in [0.2, 0.25) is 0 Å². The van der Waals surface area contributed by atoms with E-state index in [1.165, 1.54) is 0 Å². The van der Waals surface area contributed by atoms with Gasteiger partial charge in [0.1, 0.15) is 0 Å². The van der Waals surface area contributed by atoms with E-state index in [1.807, 2.05) is 60.7 Å². The van der Waals surface area contributed by atoms with Crippen LogP contribution in [-0.4, -0.2) is 11.6 Å². The van der Waals surface area contributed by atoms with Crippen LogP contribution in [0.5, 0.6) is 0 Å². The molecule has 112 valence electrons. The molecule has 2 nitrogen and oxygen atoms in total. The van der Waals surface area contributed by atoms with Gasteiger partial charge in [0.15, 0.2) is 11.6 Å². The van der Waals surface area contributed by atoms with Crippen LogP contribution in [0.1, 0.15) is 46.4 Å². The summed E-state index contributed by atoms with van der Waals surface area (Å²) in [5.41, 5.74) is 1.52. The monoisotopic (exact) mass is 292 g/mol. The number of carbonyl (C=O) groups excluding carboxylic acids is 2. The SMILES string of the molecule is O=C(C[C@@H]1CCC[C@H]1C(=O)c1ccccc1)c1ccccc1. The molecule has 1 aliphatic rings. The van der Waals surface area contributed by atoms with Crippen LogP contribution < -0.4 is 0 Å². The fraction of sp³-hybridized carbons (Fsp3) is 0.300. The average Bonchev–Trinajstić information content (AvgIpc) is 3.04. The van der Waals surface area contributed by atoms with Crippen molar-refractivity contribution in [2.24, 2.45) is 11.8 Å². The summed E-state index contributed by atoms with van der Waals surface area (Å²) in [7, 11) is 0. The zero-order chi connectivity index (χ0) is 15.4. The van der Waals surface area contributed by atoms with Crippen LogP contribution >= 0.6 is 0 Å². The van der Waals surface area contributed by atoms with Crippen LogP contribution in [0.15, 0.2) is 60.7 Å². The molecule has 0 N–H and O–H groups in total. The highest BCUT2D eigenvalue weighted by Crippen LogP contribution is 2.37. The summed E-state index contributed by atoms with van der Waals surface area (Å²) in [5.74, 6) is 0.526. The number of hydrogen-bond donors (Lipinski definition) is 0. The predicted octanol–water partition coefficient (Wildman–Crippen LogP) is 4.56. The minimum absolute atomic E-state index is 0.00457. The zero-order valence-corrected chi connectivity index (χ0v) is 12.6. The van der Waals surface area contributed by atoms with E-state index in [9.17, 15) is 9.59 Å². The van der Waals surface area contributed by atoms with Crippen LogP contribution in [0.4, 0.5) is 0 Å². The molecule has 0 radical (unpaired) electrons. The fourth-order valence-corrected chi connectivity index (χ4v) is 3.42. The lowest BCUT2D eigenvalue weighted by atomic mass is 9.84. The first-order valence-corrected chi connectivity index (χ1v) is 7.93. The van der Waals surface area contributed by atoms with Gasteiger partial charge in [0.25, 0.3) is 0 Å². The molecule has 1 saturated carbocycles. The first-order valence-electron chi connectivity index (χ1n) is 7.93. The number of benzene rings is 2. The van der Waals surface area contributed by atoms with Crippen molar-refractivity contribution in [3.63, 3.8) is 0 Å². The van der Waals surface area contributed by atoms with Crippen molar-refractivity contribution in [2.45, 2.75) is 25.7 Å². The van der Waals surface area contributed by atoms with Crippen molar-refractivity contribution >= 4 is 11.6 Å². The molecule has 0 unspecified atom stereocenters. The molecule has 2 aromatic rings. The largest absolute Gasteiger partial charge is 0.294 e. The third kappa shape index (κ3) is 3.16. The Morgan fingerprint density at radius 3 is 2.05 bits per heavy atom. The molecule has 2 aromatic carbocycles. The van der Waals surface area contributed by atoms with Gasteiger partial charge < -0.3 is 0 Å². The van der Waals surface area contributed by atoms with Gasteiger partial charge in [0, 0.05) is 23.5 Å². The summed E-state index contributed by atoms with van der Waals surface area (Å²) in [5, 5.41) is 0. The van der Waals surface area contributed by atoms with Crippen molar-refractivity contribution < 1.29 is 9.59 Å². The summed E-state index contributed by atoms with van der Waals surface area (Å²) in [6, 6.07) is 18.8. The van der Waals surface area contributed by atoms with Crippen LogP contribution in [0.25, 0.3) is 0 Å². The Hall–Kier alpha value is -2.22. The van der Waals surface area contributed by atoms with Crippen molar-refractivity contribution in [3.8, 4) is 0 Å². The van der Waals surface area contributed by atoms with Gasteiger partial charge in [0.2, 0.25) is 0 Å². The lowest BCUT2D eigenvalue weighted by molar-refractivity contribution is 0.0861. The smallest absolute Gasteiger partial charge is 0.166 e. The van der Waals surface area contributed by atoms with E-state index in [1.54, 1.807) is 0 Å². The van der Waals surface area contributed by atoms with E-state index >= 15 is 0 Å². The minimum Gasteiger partial charge on any atom is -0.294 e. The summed E-state index contributed by atoms with van der Waals surface area (Å²) >= 11 is 0. The van der Waals surface area contributed by atoms with Gasteiger partial charge in [0.05, 0.1) is 0 Å². The topological polar surface area (TPSA) is 34.1 Å². The van der Waals surface area contributed by atoms with E-state index in [0.29, 0.717) is 6.42 Å². The normalized spacial score (nSPS) is 20.7. The van der Waals surface area contributed by atoms with Gasteiger partial charge in [-0.3, -0.25) is 9.59 Å². The van der Waals surface area contributed by atoms with E-state index in [4.69, 9.17) is 0 Å². The maximum atomic E-state index is 12.7. The van der Waals surface area contributed by atoms with Gasteiger partial charge in [-0.1, -0.05) is 67.1 Å². The summed E-state index contributed by atoms with van der Waals surface area (Å²) in [6.45, 7) is 0. The van der Waals surface area contributed by atoms with Gasteiger partial charge in [-0.05, 0) is 18.8 Å². The Balaban J connectivity index is 1.71. The molecule has 3 rings (SSSR count). The van der Waals surface area contributed by atoms with Crippen LogP contribution in [0.3, 0.4) is 0 Å². The maximum Gasteiger partial charge on any atom is 0.166 e. The molecule has 0 spiro atoms. The second-order valence-electron chi connectivity index (χ2n) is 6.02. The number of Topliss-reactive ketones (excluding diaryl/α,β-unsaturated/α-hetero) is 2. The highest BCUT2D eigenvalue weighted by Gasteiger charge is 2.34. The predicted molar refractivity (Wildman–Crippen MR) is 87.0 cm³/mol. The molecular weight excluding hydrogens is 272 g/mol. The standard InChI is InChI=1S/C20H20O2/c21-19(15-8-3-1-4-9-15)14-17-12-7-13-18(17)20(22)16-10-5-2-6-11-16/h1-6,8-11,17-18H,7,12-14H2/t17-,18+/m0/s1. The first-order chi connectivity index (χ1) is 10.8. The zero-order valence-electron chi connectivity index (χ0n) is 12.6. The molecule has 2 heteroatoms. The molecule has 0 heterocycles. The quantitative estimate of drug-likeness (QED) is 0.757. The van der Waals surface area contributed by atoms with Crippen molar-refractivity contribution in [1.82, 2.24) is 0 Å². The number of ketones is 2. The molecule has 0 aliphatic heterocycles. The second-order valence-corrected chi connectivity index (χ2v) is 6.02. The van der Waals surface area contributed by atoms with E-state index in [0.717, 1.165) is 30.4 Å². The highest BCUT2D eigenvalue weighted by atomic mass is 16.1. The summed E-state index contributed by atoms with van der Waals surface area (Å²) in [4.78, 5) is 25.1. The molecule has 0 amide bonds. The Morgan fingerprint density at radius 1 is 0.818 bits per heavy atom. The number of carbonyl (C=O) groups is 2. The molecule has 1 fully saturated rings. The van der Waals surface area contributed by atoms with Gasteiger partial charge in [-0.2, -0.15) is 0 Å². The molecule has 0 bridgehead atoms. The van der Waals surface area contributed by atoms with Gasteiger partial charge >= 0.3 is 0 Å². The summed E-state index contributed by atoms with van der Waals surface area (Å²) < 4.78 is 0. The summed E-state index contributed by atoms with van der Waals surface area (Å²) in [6.07, 6.45) is 3.39. The molecule has 0 aromatic heterocycles. The Bertz CT molecular complexity index is 646. The Kier molecular flexibility index (Phi) is 4.47. The van der Waals surface area contributed by atoms with Gasteiger partial charge in [-0.15, -0.1) is 0 Å². The maximum absolute atomic E-state index is 12.7. The van der Waals surface area contributed by atoms with E-state index in [2.05, 4.69) is 0 Å². The Labute approximate surface area is 131 Å². The Morgan fingerprint density at radius 2 is 1.41 bits per heavy atom. The third-order valence-electron chi connectivity index (χ3n) is 4.60. The van der Waals surface area contributed by atoms with Crippen LogP contribution in [-0.2, 0) is 0 Å². The molecular formula is C20H20O2. The number of rotatable bonds is 5. The van der Waals surface area contributed by atoms with E-state index < -0.39 is 0 Å². The van der Waals surface area contributed by atoms with Crippen LogP contribution in [0, 0.1) is 11.8 Å². The van der Waals surface area contributed by atoms with Crippen molar-refractivity contribution in [1.29, 1.82) is 0 Å². The van der Waals surface area contributed by atoms with Crippen molar-refractivity contribution in [2.75, 3.05) is 0 Å².